The Hall–Kier alpha value is -0.410. The molecule has 6 atom stereocenters. The lowest BCUT2D eigenvalue weighted by molar-refractivity contribution is -0.116. The van der Waals surface area contributed by atoms with Gasteiger partial charge in [0.15, 0.2) is 5.78 Å². The Balaban J connectivity index is 1.64. The number of rotatable bonds is 1. The summed E-state index contributed by atoms with van der Waals surface area (Å²) in [6, 6.07) is 0. The van der Waals surface area contributed by atoms with Gasteiger partial charge in [0, 0.05) is 11.8 Å². The van der Waals surface area contributed by atoms with E-state index in [-0.39, 0.29) is 5.41 Å². The third-order valence-corrected chi connectivity index (χ3v) is 8.12. The van der Waals surface area contributed by atoms with E-state index in [1.807, 2.05) is 17.1 Å². The fourth-order valence-electron chi connectivity index (χ4n) is 6.61. The third-order valence-electron chi connectivity index (χ3n) is 7.85. The van der Waals surface area contributed by atoms with Gasteiger partial charge in [0.1, 0.15) is 0 Å². The Morgan fingerprint density at radius 3 is 2.78 bits per heavy atom. The molecule has 0 heterocycles. The zero-order valence-electron chi connectivity index (χ0n) is 13.9. The molecule has 4 aliphatic rings. The Bertz CT molecular complexity index is 580. The molecule has 0 bridgehead atoms. The van der Waals surface area contributed by atoms with Gasteiger partial charge in [0.05, 0.1) is 5.60 Å². The summed E-state index contributed by atoms with van der Waals surface area (Å²) in [5, 5.41) is 11.2. The minimum absolute atomic E-state index is 0.0180. The van der Waals surface area contributed by atoms with Gasteiger partial charge in [-0.1, -0.05) is 28.4 Å². The maximum atomic E-state index is 11.7. The van der Waals surface area contributed by atoms with Gasteiger partial charge in [-0.25, -0.2) is 0 Å². The summed E-state index contributed by atoms with van der Waals surface area (Å²) in [5.74, 6) is 3.11. The molecule has 0 aromatic heterocycles. The Morgan fingerprint density at radius 2 is 2.00 bits per heavy atom. The van der Waals surface area contributed by atoms with Gasteiger partial charge in [-0.2, -0.15) is 0 Å². The monoisotopic (exact) mass is 378 g/mol. The molecule has 0 unspecified atom stereocenters. The molecule has 2 nitrogen and oxygen atoms in total. The molecule has 3 fully saturated rings. The van der Waals surface area contributed by atoms with Crippen LogP contribution in [0.4, 0.5) is 0 Å². The second-order valence-electron chi connectivity index (χ2n) is 8.52. The van der Waals surface area contributed by atoms with E-state index in [0.29, 0.717) is 17.6 Å². The third kappa shape index (κ3) is 2.26. The van der Waals surface area contributed by atoms with Gasteiger partial charge < -0.3 is 5.11 Å². The Kier molecular flexibility index (Phi) is 3.88. The quantitative estimate of drug-likeness (QED) is 0.713. The maximum absolute atomic E-state index is 11.7. The first kappa shape index (κ1) is 16.1. The van der Waals surface area contributed by atoms with Crippen molar-refractivity contribution in [3.8, 4) is 0 Å². The average molecular weight is 379 g/mol. The molecule has 0 aromatic carbocycles. The van der Waals surface area contributed by atoms with E-state index < -0.39 is 5.60 Å². The highest BCUT2D eigenvalue weighted by molar-refractivity contribution is 9.11. The van der Waals surface area contributed by atoms with Crippen molar-refractivity contribution in [3.63, 3.8) is 0 Å². The number of fused-ring (bicyclic) bond motifs is 5. The van der Waals surface area contributed by atoms with E-state index in [2.05, 4.69) is 22.9 Å². The van der Waals surface area contributed by atoms with Crippen molar-refractivity contribution in [1.82, 2.24) is 0 Å². The molecule has 0 spiro atoms. The van der Waals surface area contributed by atoms with Crippen molar-refractivity contribution in [2.45, 2.75) is 63.9 Å². The van der Waals surface area contributed by atoms with Crippen molar-refractivity contribution in [1.29, 1.82) is 0 Å². The number of carbonyl (C=O) groups is 1. The SMILES string of the molecule is C[C@]12CC[C@H]3[C@@H](CCC4=CC(=O)CC[C@@H]43)[C@@H]1CC[C@@]2(O)/C=C/Br. The highest BCUT2D eigenvalue weighted by Crippen LogP contribution is 2.65. The van der Waals surface area contributed by atoms with Gasteiger partial charge in [0.25, 0.3) is 0 Å². The molecule has 3 heteroatoms. The standard InChI is InChI=1S/C20H27BrO2/c1-19-8-6-16-15-5-3-14(22)12-13(15)2-4-17(16)18(19)7-9-20(19,23)10-11-21/h10-12,15-18,23H,2-9H2,1H3/b11-10+/t15-,16+,17+,18-,19-,20+/m0/s1. The van der Waals surface area contributed by atoms with Gasteiger partial charge >= 0.3 is 0 Å². The fourth-order valence-corrected chi connectivity index (χ4v) is 7.05. The van der Waals surface area contributed by atoms with Crippen LogP contribution in [0.25, 0.3) is 0 Å². The lowest BCUT2D eigenvalue weighted by Crippen LogP contribution is -2.51. The normalized spacial score (nSPS) is 49.5. The first-order chi connectivity index (χ1) is 11.0. The smallest absolute Gasteiger partial charge is 0.155 e. The number of ketones is 1. The summed E-state index contributed by atoms with van der Waals surface area (Å²) in [6.07, 6.45) is 12.5. The van der Waals surface area contributed by atoms with Gasteiger partial charge in [-0.15, -0.1) is 0 Å². The predicted octanol–water partition coefficient (Wildman–Crippen LogP) is 4.77. The molecule has 0 amide bonds. The summed E-state index contributed by atoms with van der Waals surface area (Å²) >= 11 is 3.38. The molecule has 0 aromatic rings. The summed E-state index contributed by atoms with van der Waals surface area (Å²) in [5.41, 5.74) is 0.814. The molecule has 1 N–H and O–H groups in total. The van der Waals surface area contributed by atoms with Gasteiger partial charge in [-0.05, 0) is 85.8 Å². The van der Waals surface area contributed by atoms with Crippen LogP contribution >= 0.6 is 15.9 Å². The summed E-state index contributed by atoms with van der Waals surface area (Å²) in [6.45, 7) is 2.32. The average Bonchev–Trinajstić information content (AvgIpc) is 2.79. The number of allylic oxidation sites excluding steroid dienone is 1. The zero-order valence-corrected chi connectivity index (χ0v) is 15.5. The van der Waals surface area contributed by atoms with Crippen LogP contribution in [-0.4, -0.2) is 16.5 Å². The molecule has 0 saturated heterocycles. The fraction of sp³-hybridized carbons (Fsp3) is 0.750. The van der Waals surface area contributed by atoms with E-state index in [4.69, 9.17) is 0 Å². The van der Waals surface area contributed by atoms with Crippen LogP contribution in [0, 0.1) is 29.1 Å². The minimum atomic E-state index is -0.648. The molecular formula is C20H27BrO2. The van der Waals surface area contributed by atoms with Crippen LogP contribution in [0.2, 0.25) is 0 Å². The lowest BCUT2D eigenvalue weighted by atomic mass is 9.50. The summed E-state index contributed by atoms with van der Waals surface area (Å²) < 4.78 is 0. The second-order valence-corrected chi connectivity index (χ2v) is 9.04. The molecule has 4 rings (SSSR count). The van der Waals surface area contributed by atoms with Crippen molar-refractivity contribution in [3.05, 3.63) is 22.7 Å². The molecule has 23 heavy (non-hydrogen) atoms. The highest BCUT2D eigenvalue weighted by Gasteiger charge is 2.61. The number of hydrogen-bond acceptors (Lipinski definition) is 2. The van der Waals surface area contributed by atoms with E-state index in [0.717, 1.165) is 50.4 Å². The van der Waals surface area contributed by atoms with Crippen molar-refractivity contribution in [2.75, 3.05) is 0 Å². The number of aliphatic hydroxyl groups is 1. The van der Waals surface area contributed by atoms with Crippen LogP contribution in [-0.2, 0) is 4.79 Å². The molecule has 0 aliphatic heterocycles. The first-order valence-corrected chi connectivity index (χ1v) is 10.1. The van der Waals surface area contributed by atoms with E-state index in [9.17, 15) is 9.90 Å². The summed E-state index contributed by atoms with van der Waals surface area (Å²) in [7, 11) is 0. The van der Waals surface area contributed by atoms with Gasteiger partial charge in [0.2, 0.25) is 0 Å². The van der Waals surface area contributed by atoms with E-state index >= 15 is 0 Å². The van der Waals surface area contributed by atoms with Crippen molar-refractivity contribution >= 4 is 21.7 Å². The Morgan fingerprint density at radius 1 is 1.17 bits per heavy atom. The molecule has 4 aliphatic carbocycles. The maximum Gasteiger partial charge on any atom is 0.155 e. The second kappa shape index (κ2) is 5.56. The van der Waals surface area contributed by atoms with Crippen LogP contribution in [0.1, 0.15) is 58.3 Å². The van der Waals surface area contributed by atoms with E-state index in [1.54, 1.807) is 0 Å². The van der Waals surface area contributed by atoms with Crippen LogP contribution in [0.3, 0.4) is 0 Å². The predicted molar refractivity (Wildman–Crippen MR) is 95.1 cm³/mol. The van der Waals surface area contributed by atoms with E-state index in [1.165, 1.54) is 18.4 Å². The molecule has 3 saturated carbocycles. The molecular weight excluding hydrogens is 352 g/mol. The number of hydrogen-bond donors (Lipinski definition) is 1. The highest BCUT2D eigenvalue weighted by atomic mass is 79.9. The van der Waals surface area contributed by atoms with Gasteiger partial charge in [-0.3, -0.25) is 4.79 Å². The van der Waals surface area contributed by atoms with Crippen LogP contribution < -0.4 is 0 Å². The van der Waals surface area contributed by atoms with Crippen LogP contribution in [0.15, 0.2) is 22.7 Å². The lowest BCUT2D eigenvalue weighted by Gasteiger charge is -2.55. The number of carbonyl (C=O) groups excluding carboxylic acids is 1. The first-order valence-electron chi connectivity index (χ1n) is 9.22. The van der Waals surface area contributed by atoms with Crippen molar-refractivity contribution < 1.29 is 9.90 Å². The van der Waals surface area contributed by atoms with Crippen molar-refractivity contribution in [2.24, 2.45) is 29.1 Å². The molecule has 0 radical (unpaired) electrons. The minimum Gasteiger partial charge on any atom is -0.385 e. The van der Waals surface area contributed by atoms with Crippen LogP contribution in [0.5, 0.6) is 0 Å². The zero-order chi connectivity index (χ0) is 16.2. The topological polar surface area (TPSA) is 37.3 Å². The Labute approximate surface area is 147 Å². The molecule has 126 valence electrons. The summed E-state index contributed by atoms with van der Waals surface area (Å²) in [4.78, 5) is 13.6. The number of halogens is 1. The largest absolute Gasteiger partial charge is 0.385 e.